The van der Waals surface area contributed by atoms with Crippen LogP contribution < -0.4 is 10.1 Å². The van der Waals surface area contributed by atoms with Crippen LogP contribution >= 0.6 is 0 Å². The fourth-order valence-electron chi connectivity index (χ4n) is 4.05. The summed E-state index contributed by atoms with van der Waals surface area (Å²) >= 11 is 0. The lowest BCUT2D eigenvalue weighted by Gasteiger charge is -2.32. The van der Waals surface area contributed by atoms with Gasteiger partial charge in [-0.25, -0.2) is 4.39 Å². The first-order valence-corrected chi connectivity index (χ1v) is 11.1. The van der Waals surface area contributed by atoms with E-state index < -0.39 is 65.5 Å². The van der Waals surface area contributed by atoms with Crippen molar-refractivity contribution in [3.8, 4) is 5.75 Å². The van der Waals surface area contributed by atoms with Gasteiger partial charge < -0.3 is 24.8 Å². The molecule has 0 spiro atoms. The lowest BCUT2D eigenvalue weighted by Crippen LogP contribution is -2.47. The highest BCUT2D eigenvalue weighted by Gasteiger charge is 2.66. The Hall–Kier alpha value is -3.32. The number of halogens is 5. The number of pyridine rings is 1. The van der Waals surface area contributed by atoms with Gasteiger partial charge in [0.1, 0.15) is 6.10 Å². The number of aromatic nitrogens is 1. The van der Waals surface area contributed by atoms with Gasteiger partial charge in [0.25, 0.3) is 11.8 Å². The first-order chi connectivity index (χ1) is 17.2. The quantitative estimate of drug-likeness (QED) is 0.532. The van der Waals surface area contributed by atoms with Gasteiger partial charge in [0.2, 0.25) is 5.82 Å². The van der Waals surface area contributed by atoms with E-state index in [-0.39, 0.29) is 17.9 Å². The second-order valence-corrected chi connectivity index (χ2v) is 9.00. The van der Waals surface area contributed by atoms with Crippen LogP contribution in [0.2, 0.25) is 0 Å². The number of nitrogens with one attached hydrogen (secondary N) is 1. The van der Waals surface area contributed by atoms with Crippen LogP contribution in [0.15, 0.2) is 30.5 Å². The molecule has 0 unspecified atom stereocenters. The third-order valence-electron chi connectivity index (χ3n) is 6.46. The normalized spacial score (nSPS) is 23.6. The van der Waals surface area contributed by atoms with E-state index in [9.17, 15) is 31.5 Å². The van der Waals surface area contributed by atoms with E-state index in [0.717, 1.165) is 17.9 Å². The van der Waals surface area contributed by atoms with Crippen LogP contribution in [-0.2, 0) is 20.9 Å². The Balaban J connectivity index is 2.06. The van der Waals surface area contributed by atoms with Gasteiger partial charge in [0.05, 0.1) is 24.2 Å². The Morgan fingerprint density at radius 2 is 1.89 bits per heavy atom. The summed E-state index contributed by atoms with van der Waals surface area (Å²) in [6, 6.07) is 4.49. The molecule has 0 saturated carbocycles. The Morgan fingerprint density at radius 3 is 2.43 bits per heavy atom. The van der Waals surface area contributed by atoms with E-state index >= 15 is 0 Å². The third kappa shape index (κ3) is 5.52. The number of rotatable bonds is 7. The number of ether oxygens (including phenoxy) is 2. The van der Waals surface area contributed by atoms with E-state index in [1.807, 2.05) is 0 Å². The van der Waals surface area contributed by atoms with Crippen LogP contribution in [0.4, 0.5) is 27.6 Å². The number of hydrogen-bond acceptors (Lipinski definition) is 6. The number of benzene rings is 1. The Labute approximate surface area is 209 Å². The number of aliphatic hydroxyl groups excluding tert-OH is 1. The molecule has 1 fully saturated rings. The smallest absolute Gasteiger partial charge is 0.417 e. The molecule has 3 rings (SSSR count). The molecule has 1 aromatic carbocycles. The standard InChI is InChI=1S/C24H26F5N3O5/c1-12-18(15-7-8-16(25)19(26)20(15)36-11-17(34)32(3)4)21(37-23(12,2)24(27,28)29)22(35)31-13-5-6-14(10-33)30-9-13/h5-9,12,18,21,33H,10-11H2,1-4H3,(H,31,35)/t12-,18-,21+,23+/m0/s1. The van der Waals surface area contributed by atoms with Gasteiger partial charge in [-0.1, -0.05) is 13.0 Å². The Bertz CT molecular complexity index is 1160. The average Bonchev–Trinajstić information content (AvgIpc) is 3.12. The molecule has 37 heavy (non-hydrogen) atoms. The van der Waals surface area contributed by atoms with Gasteiger partial charge in [-0.3, -0.25) is 14.6 Å². The summed E-state index contributed by atoms with van der Waals surface area (Å²) in [5, 5.41) is 11.5. The molecule has 2 amide bonds. The number of carbonyl (C=O) groups is 2. The molecule has 1 aliphatic rings. The molecule has 13 heteroatoms. The largest absolute Gasteiger partial charge is 0.480 e. The fourth-order valence-corrected chi connectivity index (χ4v) is 4.05. The zero-order chi connectivity index (χ0) is 27.7. The molecule has 1 saturated heterocycles. The molecular formula is C24H26F5N3O5. The van der Waals surface area contributed by atoms with Crippen molar-refractivity contribution in [2.24, 2.45) is 5.92 Å². The molecule has 1 aliphatic heterocycles. The van der Waals surface area contributed by atoms with E-state index in [2.05, 4.69) is 10.3 Å². The highest BCUT2D eigenvalue weighted by Crippen LogP contribution is 2.55. The van der Waals surface area contributed by atoms with Gasteiger partial charge in [-0.05, 0) is 25.1 Å². The zero-order valence-electron chi connectivity index (χ0n) is 20.4. The summed E-state index contributed by atoms with van der Waals surface area (Å²) < 4.78 is 81.9. The summed E-state index contributed by atoms with van der Waals surface area (Å²) in [5.41, 5.74) is -2.70. The van der Waals surface area contributed by atoms with E-state index in [0.29, 0.717) is 11.8 Å². The van der Waals surface area contributed by atoms with Gasteiger partial charge in [0.15, 0.2) is 23.8 Å². The molecule has 202 valence electrons. The van der Waals surface area contributed by atoms with Crippen molar-refractivity contribution in [3.63, 3.8) is 0 Å². The maximum Gasteiger partial charge on any atom is 0.417 e. The molecular weight excluding hydrogens is 505 g/mol. The highest BCUT2D eigenvalue weighted by atomic mass is 19.4. The minimum absolute atomic E-state index is 0.108. The molecule has 2 heterocycles. The SMILES string of the molecule is C[C@H]1[C@@H](c2ccc(F)c(F)c2OCC(=O)N(C)C)[C@H](C(=O)Nc2ccc(CO)nc2)O[C@@]1(C)C(F)(F)F. The second kappa shape index (κ2) is 10.6. The third-order valence-corrected chi connectivity index (χ3v) is 6.46. The number of likely N-dealkylation sites (N-methyl/N-ethyl adjacent to an activating group) is 1. The lowest BCUT2D eigenvalue weighted by atomic mass is 9.77. The second-order valence-electron chi connectivity index (χ2n) is 9.00. The summed E-state index contributed by atoms with van der Waals surface area (Å²) in [6.07, 6.45) is -5.54. The minimum atomic E-state index is -4.93. The van der Waals surface area contributed by atoms with Gasteiger partial charge in [-0.2, -0.15) is 17.6 Å². The van der Waals surface area contributed by atoms with Crippen molar-refractivity contribution in [3.05, 3.63) is 53.4 Å². The molecule has 1 aromatic heterocycles. The van der Waals surface area contributed by atoms with E-state index in [4.69, 9.17) is 14.6 Å². The van der Waals surface area contributed by atoms with Crippen LogP contribution in [0.1, 0.15) is 31.0 Å². The van der Waals surface area contributed by atoms with Gasteiger partial charge in [-0.15, -0.1) is 0 Å². The van der Waals surface area contributed by atoms with Crippen LogP contribution in [0, 0.1) is 17.6 Å². The minimum Gasteiger partial charge on any atom is -0.480 e. The number of hydrogen-bond donors (Lipinski definition) is 2. The molecule has 8 nitrogen and oxygen atoms in total. The summed E-state index contributed by atoms with van der Waals surface area (Å²) in [6.45, 7) is 0.863. The Kier molecular flexibility index (Phi) is 8.08. The maximum absolute atomic E-state index is 14.8. The van der Waals surface area contributed by atoms with Crippen molar-refractivity contribution in [1.29, 1.82) is 0 Å². The summed E-state index contributed by atoms with van der Waals surface area (Å²) in [5.74, 6) is -8.17. The number of amides is 2. The lowest BCUT2D eigenvalue weighted by molar-refractivity contribution is -0.272. The Morgan fingerprint density at radius 1 is 1.22 bits per heavy atom. The summed E-state index contributed by atoms with van der Waals surface area (Å²) in [4.78, 5) is 30.2. The summed E-state index contributed by atoms with van der Waals surface area (Å²) in [7, 11) is 2.80. The van der Waals surface area contributed by atoms with E-state index in [1.165, 1.54) is 39.3 Å². The average molecular weight is 531 g/mol. The highest BCUT2D eigenvalue weighted by molar-refractivity contribution is 5.95. The molecule has 0 bridgehead atoms. The van der Waals surface area contributed by atoms with Gasteiger partial charge >= 0.3 is 6.18 Å². The predicted molar refractivity (Wildman–Crippen MR) is 121 cm³/mol. The molecule has 2 N–H and O–H groups in total. The fraction of sp³-hybridized carbons (Fsp3) is 0.458. The number of carbonyl (C=O) groups excluding carboxylic acids is 2. The first-order valence-electron chi connectivity index (χ1n) is 11.1. The monoisotopic (exact) mass is 531 g/mol. The predicted octanol–water partition coefficient (Wildman–Crippen LogP) is 3.40. The van der Waals surface area contributed by atoms with Crippen molar-refractivity contribution in [2.45, 2.75) is 44.3 Å². The van der Waals surface area contributed by atoms with Crippen LogP contribution in [0.25, 0.3) is 0 Å². The van der Waals surface area contributed by atoms with E-state index in [1.54, 1.807) is 0 Å². The molecule has 4 atom stereocenters. The number of nitrogens with zero attached hydrogens (tertiary/aromatic N) is 2. The topological polar surface area (TPSA) is 101 Å². The molecule has 0 radical (unpaired) electrons. The number of alkyl halides is 3. The van der Waals surface area contributed by atoms with Crippen LogP contribution in [-0.4, -0.2) is 65.4 Å². The maximum atomic E-state index is 14.8. The van der Waals surface area contributed by atoms with Crippen LogP contribution in [0.5, 0.6) is 5.75 Å². The van der Waals surface area contributed by atoms with Crippen molar-refractivity contribution in [1.82, 2.24) is 9.88 Å². The van der Waals surface area contributed by atoms with Crippen molar-refractivity contribution in [2.75, 3.05) is 26.0 Å². The number of anilines is 1. The first kappa shape index (κ1) is 28.3. The molecule has 2 aromatic rings. The zero-order valence-corrected chi connectivity index (χ0v) is 20.4. The number of aliphatic hydroxyl groups is 1. The van der Waals surface area contributed by atoms with Crippen molar-refractivity contribution >= 4 is 17.5 Å². The van der Waals surface area contributed by atoms with Crippen LogP contribution in [0.3, 0.4) is 0 Å². The van der Waals surface area contributed by atoms with Crippen molar-refractivity contribution < 1.29 is 46.1 Å². The van der Waals surface area contributed by atoms with Gasteiger partial charge in [0, 0.05) is 31.5 Å². The molecule has 0 aliphatic carbocycles.